The average molecular weight is 418 g/mol. The van der Waals surface area contributed by atoms with Crippen LogP contribution in [0.25, 0.3) is 23.0 Å². The van der Waals surface area contributed by atoms with Crippen molar-refractivity contribution in [3.8, 4) is 34.5 Å². The van der Waals surface area contributed by atoms with Crippen LogP contribution in [0.5, 0.6) is 11.5 Å². The second kappa shape index (κ2) is 8.23. The summed E-state index contributed by atoms with van der Waals surface area (Å²) >= 11 is 0. The number of fused-ring (bicyclic) bond motifs is 1. The minimum Gasteiger partial charge on any atom is -0.497 e. The molecule has 0 saturated carbocycles. The molecule has 5 rings (SSSR count). The number of ether oxygens (including phenoxy) is 3. The molecule has 0 aliphatic carbocycles. The van der Waals surface area contributed by atoms with Gasteiger partial charge < -0.3 is 18.7 Å². The lowest BCUT2D eigenvalue weighted by atomic mass is 10.1. The Morgan fingerprint density at radius 1 is 1.10 bits per heavy atom. The monoisotopic (exact) mass is 418 g/mol. The lowest BCUT2D eigenvalue weighted by Crippen LogP contribution is -2.21. The molecule has 4 aromatic rings. The first-order valence-corrected chi connectivity index (χ1v) is 10.1. The predicted molar refractivity (Wildman–Crippen MR) is 113 cm³/mol. The molecule has 8 nitrogen and oxygen atoms in total. The fraction of sp³-hybridized carbons (Fsp3) is 0.261. The van der Waals surface area contributed by atoms with Crippen molar-refractivity contribution >= 4 is 0 Å². The van der Waals surface area contributed by atoms with E-state index in [1.807, 2.05) is 66.2 Å². The lowest BCUT2D eigenvalue weighted by Gasteiger charge is -2.24. The molecule has 0 amide bonds. The van der Waals surface area contributed by atoms with Crippen LogP contribution in [0.1, 0.15) is 24.3 Å². The molecule has 2 aromatic carbocycles. The number of aromatic nitrogens is 4. The number of benzene rings is 2. The second-order valence-corrected chi connectivity index (χ2v) is 7.16. The van der Waals surface area contributed by atoms with Crippen LogP contribution in [0.3, 0.4) is 0 Å². The number of rotatable bonds is 6. The molecule has 8 heteroatoms. The standard InChI is InChI=1S/C23H22N4O4/c1-3-29-19-6-4-5-16(11-19)22-24-23(31-26-22)20-12-17-14-30-21(13-27(17)25-20)15-7-9-18(28-2)10-8-15/h4-12,21H,3,13-14H2,1-2H3/t21-/m0/s1. The summed E-state index contributed by atoms with van der Waals surface area (Å²) in [6.45, 7) is 3.61. The van der Waals surface area contributed by atoms with Crippen molar-refractivity contribution in [2.45, 2.75) is 26.2 Å². The van der Waals surface area contributed by atoms with Gasteiger partial charge in [-0.05, 0) is 42.8 Å². The van der Waals surface area contributed by atoms with E-state index in [0.717, 1.165) is 28.3 Å². The van der Waals surface area contributed by atoms with Crippen LogP contribution in [-0.2, 0) is 17.9 Å². The van der Waals surface area contributed by atoms with Crippen LogP contribution in [0.2, 0.25) is 0 Å². The van der Waals surface area contributed by atoms with E-state index in [4.69, 9.17) is 18.7 Å². The van der Waals surface area contributed by atoms with Crippen molar-refractivity contribution in [1.82, 2.24) is 19.9 Å². The Bertz CT molecular complexity index is 1180. The molecule has 158 valence electrons. The predicted octanol–water partition coefficient (Wildman–Crippen LogP) is 4.28. The van der Waals surface area contributed by atoms with E-state index in [9.17, 15) is 0 Å². The summed E-state index contributed by atoms with van der Waals surface area (Å²) in [5.41, 5.74) is 3.51. The number of methoxy groups -OCH3 is 1. The Balaban J connectivity index is 1.36. The summed E-state index contributed by atoms with van der Waals surface area (Å²) in [7, 11) is 1.66. The van der Waals surface area contributed by atoms with E-state index < -0.39 is 0 Å². The molecule has 0 spiro atoms. The molecule has 1 aliphatic rings. The van der Waals surface area contributed by atoms with E-state index in [-0.39, 0.29) is 6.10 Å². The molecule has 0 unspecified atom stereocenters. The van der Waals surface area contributed by atoms with Gasteiger partial charge in [-0.15, -0.1) is 0 Å². The highest BCUT2D eigenvalue weighted by atomic mass is 16.5. The maximum absolute atomic E-state index is 6.04. The van der Waals surface area contributed by atoms with Crippen LogP contribution in [0, 0.1) is 0 Å². The second-order valence-electron chi connectivity index (χ2n) is 7.16. The van der Waals surface area contributed by atoms with E-state index >= 15 is 0 Å². The Labute approximate surface area is 179 Å². The molecule has 0 bridgehead atoms. The van der Waals surface area contributed by atoms with E-state index in [1.165, 1.54) is 0 Å². The topological polar surface area (TPSA) is 84.4 Å². The maximum atomic E-state index is 6.04. The number of hydrogen-bond acceptors (Lipinski definition) is 7. The van der Waals surface area contributed by atoms with Gasteiger partial charge >= 0.3 is 0 Å². The third-order valence-corrected chi connectivity index (χ3v) is 5.17. The van der Waals surface area contributed by atoms with Gasteiger partial charge in [-0.1, -0.05) is 29.4 Å². The van der Waals surface area contributed by atoms with E-state index in [2.05, 4.69) is 15.2 Å². The average Bonchev–Trinajstić information content (AvgIpc) is 3.46. The molecule has 3 heterocycles. The first kappa shape index (κ1) is 19.3. The SMILES string of the molecule is CCOc1cccc(-c2noc(-c3cc4n(n3)C[C@@H](c3ccc(OC)cc3)OC4)n2)c1. The van der Waals surface area contributed by atoms with E-state index in [1.54, 1.807) is 7.11 Å². The molecule has 31 heavy (non-hydrogen) atoms. The van der Waals surface area contributed by atoms with Gasteiger partial charge in [-0.25, -0.2) is 0 Å². The first-order chi connectivity index (χ1) is 15.2. The summed E-state index contributed by atoms with van der Waals surface area (Å²) in [4.78, 5) is 4.53. The van der Waals surface area contributed by atoms with Gasteiger partial charge in [0, 0.05) is 5.56 Å². The molecule has 1 aliphatic heterocycles. The highest BCUT2D eigenvalue weighted by Gasteiger charge is 2.24. The van der Waals surface area contributed by atoms with E-state index in [0.29, 0.717) is 37.2 Å². The minimum absolute atomic E-state index is 0.0780. The third kappa shape index (κ3) is 3.89. The van der Waals surface area contributed by atoms with Gasteiger partial charge in [0.1, 0.15) is 17.6 Å². The van der Waals surface area contributed by atoms with Crippen LogP contribution in [-0.4, -0.2) is 33.6 Å². The zero-order chi connectivity index (χ0) is 21.2. The van der Waals surface area contributed by atoms with Crippen LogP contribution in [0.15, 0.2) is 59.1 Å². The summed E-state index contributed by atoms with van der Waals surface area (Å²) in [5.74, 6) is 2.46. The molecule has 0 saturated heterocycles. The molecular weight excluding hydrogens is 396 g/mol. The quantitative estimate of drug-likeness (QED) is 0.462. The van der Waals surface area contributed by atoms with Gasteiger partial charge in [0.15, 0.2) is 5.69 Å². The summed E-state index contributed by atoms with van der Waals surface area (Å²) in [6, 6.07) is 17.4. The molecule has 1 atom stereocenters. The van der Waals surface area contributed by atoms with Gasteiger partial charge in [0.2, 0.25) is 5.82 Å². The zero-order valence-corrected chi connectivity index (χ0v) is 17.3. The highest BCUT2D eigenvalue weighted by molar-refractivity contribution is 5.59. The normalized spacial score (nSPS) is 15.5. The molecule has 0 fully saturated rings. The summed E-state index contributed by atoms with van der Waals surface area (Å²) < 4.78 is 24.2. The van der Waals surface area contributed by atoms with Crippen molar-refractivity contribution < 1.29 is 18.7 Å². The van der Waals surface area contributed by atoms with Gasteiger partial charge in [0.05, 0.1) is 32.6 Å². The highest BCUT2D eigenvalue weighted by Crippen LogP contribution is 2.30. The van der Waals surface area contributed by atoms with Gasteiger partial charge in [-0.2, -0.15) is 10.1 Å². The van der Waals surface area contributed by atoms with Crippen molar-refractivity contribution in [3.05, 3.63) is 65.9 Å². The maximum Gasteiger partial charge on any atom is 0.278 e. The third-order valence-electron chi connectivity index (χ3n) is 5.17. The summed E-state index contributed by atoms with van der Waals surface area (Å²) in [5, 5.41) is 8.79. The molecular formula is C23H22N4O4. The van der Waals surface area contributed by atoms with Gasteiger partial charge in [0.25, 0.3) is 5.89 Å². The summed E-state index contributed by atoms with van der Waals surface area (Å²) in [6.07, 6.45) is -0.0780. The minimum atomic E-state index is -0.0780. The zero-order valence-electron chi connectivity index (χ0n) is 17.3. The Hall–Kier alpha value is -3.65. The largest absolute Gasteiger partial charge is 0.497 e. The van der Waals surface area contributed by atoms with Gasteiger partial charge in [-0.3, -0.25) is 4.68 Å². The number of nitrogens with zero attached hydrogens (tertiary/aromatic N) is 4. The first-order valence-electron chi connectivity index (χ1n) is 10.1. The fourth-order valence-electron chi connectivity index (χ4n) is 3.59. The van der Waals surface area contributed by atoms with Crippen LogP contribution < -0.4 is 9.47 Å². The van der Waals surface area contributed by atoms with Crippen LogP contribution >= 0.6 is 0 Å². The van der Waals surface area contributed by atoms with Crippen molar-refractivity contribution in [2.75, 3.05) is 13.7 Å². The fourth-order valence-corrected chi connectivity index (χ4v) is 3.59. The number of hydrogen-bond donors (Lipinski definition) is 0. The van der Waals surface area contributed by atoms with Crippen molar-refractivity contribution in [3.63, 3.8) is 0 Å². The molecule has 2 aromatic heterocycles. The lowest BCUT2D eigenvalue weighted by molar-refractivity contribution is -0.00115. The Kier molecular flexibility index (Phi) is 5.13. The molecule has 0 radical (unpaired) electrons. The van der Waals surface area contributed by atoms with Crippen molar-refractivity contribution in [1.29, 1.82) is 0 Å². The smallest absolute Gasteiger partial charge is 0.278 e. The van der Waals surface area contributed by atoms with Crippen molar-refractivity contribution in [2.24, 2.45) is 0 Å². The Morgan fingerprint density at radius 2 is 1.97 bits per heavy atom. The van der Waals surface area contributed by atoms with Crippen LogP contribution in [0.4, 0.5) is 0 Å². The Morgan fingerprint density at radius 3 is 2.77 bits per heavy atom. The molecule has 0 N–H and O–H groups in total.